The van der Waals surface area contributed by atoms with Crippen molar-refractivity contribution < 1.29 is 140 Å². The molecule has 0 rings (SSSR count). The van der Waals surface area contributed by atoms with Crippen molar-refractivity contribution in [3.63, 3.8) is 0 Å². The molecular weight excluding hydrogens is 796 g/mol. The Labute approximate surface area is 234 Å². The van der Waals surface area contributed by atoms with E-state index in [4.69, 9.17) is 0 Å². The quantitative estimate of drug-likeness (QED) is 0.149. The van der Waals surface area contributed by atoms with Gasteiger partial charge in [0.05, 0.1) is 0 Å². The largest absolute Gasteiger partial charge is 0.460 e. The minimum Gasteiger partial charge on any atom is -0.336 e. The summed E-state index contributed by atoms with van der Waals surface area (Å²) in [7, 11) is -9.52. The van der Waals surface area contributed by atoms with Gasteiger partial charge < -0.3 is 4.18 Å². The molecule has 47 heavy (non-hydrogen) atoms. The summed E-state index contributed by atoms with van der Waals surface area (Å²) in [6, 6.07) is 0. The van der Waals surface area contributed by atoms with Crippen LogP contribution in [0.3, 0.4) is 0 Å². The zero-order chi connectivity index (χ0) is 39.3. The molecule has 0 aromatic rings. The van der Waals surface area contributed by atoms with E-state index in [0.717, 1.165) is 0 Å². The Hall–Kier alpha value is -2.54. The number of hydrogen-bond donors (Lipinski definition) is 0. The van der Waals surface area contributed by atoms with Crippen LogP contribution in [0.4, 0.5) is 123 Å². The monoisotopic (exact) mass is 796 g/mol. The van der Waals surface area contributed by atoms with Crippen LogP contribution in [0.15, 0.2) is 0 Å². The van der Waals surface area contributed by atoms with Gasteiger partial charge in [-0.25, -0.2) is 4.79 Å². The van der Waals surface area contributed by atoms with Crippen molar-refractivity contribution in [2.75, 3.05) is 0 Å². The normalized spacial score (nSPS) is 16.8. The van der Waals surface area contributed by atoms with Gasteiger partial charge in [-0.2, -0.15) is 131 Å². The minimum atomic E-state index is -9.56. The number of hydrogen-bond acceptors (Lipinski definition) is 4. The maximum absolute atomic E-state index is 13.7. The van der Waals surface area contributed by atoms with Gasteiger partial charge in [0.25, 0.3) is 0 Å². The molecule has 0 unspecified atom stereocenters. The lowest BCUT2D eigenvalue weighted by molar-refractivity contribution is -0.458. The second kappa shape index (κ2) is 10.7. The molecule has 282 valence electrons. The van der Waals surface area contributed by atoms with Crippen LogP contribution < -0.4 is 0 Å². The fourth-order valence-corrected chi connectivity index (χ4v) is 3.06. The SMILES string of the molecule is O=C(OS(=O)(=O)C(F)(F)C(F)(F)C(F)(F)C(F)(F)C(F)(F)C(F)(F)C(F)(F)C(F)(F)F)C(F)(F)C(F)(F)C(F)(F)C(F)(F)C(F)(F)F. The van der Waals surface area contributed by atoms with Crippen LogP contribution in [0.2, 0.25) is 0 Å². The van der Waals surface area contributed by atoms with Crippen LogP contribution >= 0.6 is 0 Å². The zero-order valence-electron chi connectivity index (χ0n) is 19.6. The summed E-state index contributed by atoms with van der Waals surface area (Å²) < 4.78 is 387. The molecule has 0 radical (unpaired) electrons. The summed E-state index contributed by atoms with van der Waals surface area (Å²) >= 11 is 0. The molecular formula is C14F28O4S. The first-order valence-electron chi connectivity index (χ1n) is 9.40. The maximum atomic E-state index is 13.7. The van der Waals surface area contributed by atoms with Gasteiger partial charge in [0.1, 0.15) is 0 Å². The number of carbonyl (C=O) groups is 1. The smallest absolute Gasteiger partial charge is 0.336 e. The lowest BCUT2D eigenvalue weighted by atomic mass is 9.91. The van der Waals surface area contributed by atoms with Gasteiger partial charge >= 0.3 is 92.9 Å². The molecule has 0 bridgehead atoms. The van der Waals surface area contributed by atoms with Gasteiger partial charge in [0.2, 0.25) is 0 Å². The first kappa shape index (κ1) is 44.5. The van der Waals surface area contributed by atoms with Crippen molar-refractivity contribution >= 4 is 16.1 Å². The average molecular weight is 796 g/mol. The standard InChI is InChI=1S/C14F28O4S/c15-2(16,3(17,18)4(19,20)9(29,30)12(35,36)37)1(43)46-47(44,45)14(41,42)11(33,34)8(27,28)6(23,24)5(21,22)7(25,26)10(31,32)13(38,39)40. The first-order valence-corrected chi connectivity index (χ1v) is 10.8. The van der Waals surface area contributed by atoms with Crippen LogP contribution in [0.1, 0.15) is 0 Å². The molecule has 0 spiro atoms. The van der Waals surface area contributed by atoms with Gasteiger partial charge in [-0.1, -0.05) is 0 Å². The third-order valence-electron chi connectivity index (χ3n) is 4.99. The summed E-state index contributed by atoms with van der Waals surface area (Å²) in [5.74, 6) is -96.0. The second-order valence-electron chi connectivity index (χ2n) is 8.08. The highest BCUT2D eigenvalue weighted by Gasteiger charge is 2.97. The Bertz CT molecular complexity index is 1300. The Kier molecular flexibility index (Phi) is 10.1. The highest BCUT2D eigenvalue weighted by molar-refractivity contribution is 7.88. The average Bonchev–Trinajstić information content (AvgIpc) is 2.80. The summed E-state index contributed by atoms with van der Waals surface area (Å²) in [6.07, 6.45) is -16.3. The number of carbonyl (C=O) groups excluding carboxylic acids is 1. The number of alkyl halides is 28. The Morgan fingerprint density at radius 2 is 0.553 bits per heavy atom. The molecule has 0 aromatic heterocycles. The summed E-state index contributed by atoms with van der Waals surface area (Å²) in [4.78, 5) is 10.9. The van der Waals surface area contributed by atoms with E-state index in [-0.39, 0.29) is 0 Å². The minimum absolute atomic E-state index is 1.32. The molecule has 4 nitrogen and oxygen atoms in total. The zero-order valence-corrected chi connectivity index (χ0v) is 20.4. The Morgan fingerprint density at radius 3 is 0.809 bits per heavy atom. The third-order valence-corrected chi connectivity index (χ3v) is 6.24. The van der Waals surface area contributed by atoms with Crippen LogP contribution in [0.25, 0.3) is 0 Å². The van der Waals surface area contributed by atoms with Crippen molar-refractivity contribution in [3.8, 4) is 0 Å². The Balaban J connectivity index is 7.15. The first-order chi connectivity index (χ1) is 19.6. The summed E-state index contributed by atoms with van der Waals surface area (Å²) in [5.41, 5.74) is 0. The molecule has 0 amide bonds. The maximum Gasteiger partial charge on any atom is 0.460 e. The predicted molar refractivity (Wildman–Crippen MR) is 81.5 cm³/mol. The van der Waals surface area contributed by atoms with Gasteiger partial charge in [-0.15, -0.1) is 0 Å². The van der Waals surface area contributed by atoms with E-state index in [0.29, 0.717) is 0 Å². The molecule has 0 saturated carbocycles. The van der Waals surface area contributed by atoms with E-state index < -0.39 is 92.9 Å². The van der Waals surface area contributed by atoms with E-state index in [9.17, 15) is 136 Å². The Morgan fingerprint density at radius 1 is 0.340 bits per heavy atom. The van der Waals surface area contributed by atoms with Crippen molar-refractivity contribution in [2.24, 2.45) is 0 Å². The fraction of sp³-hybridized carbons (Fsp3) is 0.929. The second-order valence-corrected chi connectivity index (χ2v) is 9.67. The van der Waals surface area contributed by atoms with E-state index in [1.807, 2.05) is 0 Å². The summed E-state index contributed by atoms with van der Waals surface area (Å²) in [6.45, 7) is 0. The molecule has 0 heterocycles. The molecule has 0 aliphatic carbocycles. The van der Waals surface area contributed by atoms with Crippen LogP contribution in [0.5, 0.6) is 0 Å². The van der Waals surface area contributed by atoms with Gasteiger partial charge in [-0.05, 0) is 0 Å². The van der Waals surface area contributed by atoms with Crippen LogP contribution in [-0.4, -0.2) is 91.2 Å². The fourth-order valence-electron chi connectivity index (χ4n) is 2.21. The van der Waals surface area contributed by atoms with E-state index in [1.54, 1.807) is 0 Å². The molecule has 0 aromatic carbocycles. The lowest BCUT2D eigenvalue weighted by Crippen LogP contribution is -2.75. The van der Waals surface area contributed by atoms with E-state index >= 15 is 0 Å². The van der Waals surface area contributed by atoms with Crippen molar-refractivity contribution in [1.82, 2.24) is 0 Å². The van der Waals surface area contributed by atoms with E-state index in [2.05, 4.69) is 0 Å². The summed E-state index contributed by atoms with van der Waals surface area (Å²) in [5, 5.41) is -9.05. The third kappa shape index (κ3) is 5.51. The van der Waals surface area contributed by atoms with Crippen molar-refractivity contribution in [3.05, 3.63) is 0 Å². The van der Waals surface area contributed by atoms with Crippen molar-refractivity contribution in [1.29, 1.82) is 0 Å². The number of rotatable bonds is 12. The molecule has 0 aliphatic rings. The molecule has 0 aliphatic heterocycles. The molecule has 0 saturated heterocycles. The predicted octanol–water partition coefficient (Wildman–Crippen LogP) is 7.93. The highest BCUT2D eigenvalue weighted by atomic mass is 32.2. The van der Waals surface area contributed by atoms with Gasteiger partial charge in [0, 0.05) is 0 Å². The van der Waals surface area contributed by atoms with Gasteiger partial charge in [0.15, 0.2) is 0 Å². The van der Waals surface area contributed by atoms with Gasteiger partial charge in [-0.3, -0.25) is 0 Å². The topological polar surface area (TPSA) is 60.4 Å². The van der Waals surface area contributed by atoms with Crippen molar-refractivity contribution in [2.45, 2.75) is 76.8 Å². The molecule has 0 N–H and O–H groups in total. The molecule has 33 heteroatoms. The van der Waals surface area contributed by atoms with Crippen LogP contribution in [-0.2, 0) is 19.1 Å². The lowest BCUT2D eigenvalue weighted by Gasteiger charge is -2.42. The van der Waals surface area contributed by atoms with E-state index in [1.165, 1.54) is 4.18 Å². The van der Waals surface area contributed by atoms with Crippen LogP contribution in [0, 0.1) is 0 Å². The molecule has 0 atom stereocenters. The number of halogens is 28. The highest BCUT2D eigenvalue weighted by Crippen LogP contribution is 2.65. The molecule has 0 fully saturated rings.